The zero-order valence-electron chi connectivity index (χ0n) is 11.4. The van der Waals surface area contributed by atoms with Gasteiger partial charge in [-0.1, -0.05) is 6.07 Å². The Morgan fingerprint density at radius 3 is 2.71 bits per heavy atom. The highest BCUT2D eigenvalue weighted by Gasteiger charge is 2.17. The molecule has 1 aromatic carbocycles. The van der Waals surface area contributed by atoms with Gasteiger partial charge in [-0.05, 0) is 25.5 Å². The van der Waals surface area contributed by atoms with E-state index in [1.807, 2.05) is 6.92 Å². The molecule has 0 saturated heterocycles. The molecular weight excluding hydrogens is 296 g/mol. The number of nitrogens with zero attached hydrogens (tertiary/aromatic N) is 1. The van der Waals surface area contributed by atoms with Gasteiger partial charge in [0.2, 0.25) is 0 Å². The molecule has 0 aliphatic carbocycles. The van der Waals surface area contributed by atoms with Gasteiger partial charge in [-0.2, -0.15) is 0 Å². The summed E-state index contributed by atoms with van der Waals surface area (Å²) in [6.07, 6.45) is 0.644. The number of benzene rings is 1. The lowest BCUT2D eigenvalue weighted by Crippen LogP contribution is -2.29. The standard InChI is InChI=1S/C14H15F2N3OS/c1-8(17)5-6-18-13(20)11-7-21-14(19-11)12-9(15)3-2-4-10(12)16/h2-4,7-8H,5-6,17H2,1H3,(H,18,20). The van der Waals surface area contributed by atoms with Gasteiger partial charge in [0, 0.05) is 18.0 Å². The van der Waals surface area contributed by atoms with Gasteiger partial charge in [0.05, 0.1) is 5.56 Å². The number of amides is 1. The highest BCUT2D eigenvalue weighted by molar-refractivity contribution is 7.13. The van der Waals surface area contributed by atoms with E-state index in [1.165, 1.54) is 11.4 Å². The summed E-state index contributed by atoms with van der Waals surface area (Å²) in [6, 6.07) is 3.58. The number of nitrogens with one attached hydrogen (secondary N) is 1. The molecule has 1 aromatic heterocycles. The number of nitrogens with two attached hydrogens (primary N) is 1. The molecule has 1 heterocycles. The van der Waals surface area contributed by atoms with Crippen molar-refractivity contribution in [3.63, 3.8) is 0 Å². The van der Waals surface area contributed by atoms with Gasteiger partial charge >= 0.3 is 0 Å². The second-order valence-corrected chi connectivity index (χ2v) is 5.51. The smallest absolute Gasteiger partial charge is 0.270 e. The minimum atomic E-state index is -0.701. The number of aromatic nitrogens is 1. The summed E-state index contributed by atoms with van der Waals surface area (Å²) in [6.45, 7) is 2.27. The van der Waals surface area contributed by atoms with E-state index in [0.717, 1.165) is 23.5 Å². The summed E-state index contributed by atoms with van der Waals surface area (Å²) < 4.78 is 27.3. The molecule has 21 heavy (non-hydrogen) atoms. The predicted octanol–water partition coefficient (Wildman–Crippen LogP) is 2.56. The third-order valence-electron chi connectivity index (χ3n) is 2.80. The van der Waals surface area contributed by atoms with Gasteiger partial charge in [0.15, 0.2) is 0 Å². The van der Waals surface area contributed by atoms with Crippen LogP contribution in [0.3, 0.4) is 0 Å². The first kappa shape index (κ1) is 15.5. The van der Waals surface area contributed by atoms with Crippen LogP contribution in [0.2, 0.25) is 0 Å². The van der Waals surface area contributed by atoms with Crippen molar-refractivity contribution in [2.24, 2.45) is 5.73 Å². The van der Waals surface area contributed by atoms with E-state index in [-0.39, 0.29) is 28.2 Å². The van der Waals surface area contributed by atoms with E-state index >= 15 is 0 Å². The molecule has 0 saturated carbocycles. The van der Waals surface area contributed by atoms with Crippen LogP contribution in [-0.2, 0) is 0 Å². The zero-order chi connectivity index (χ0) is 15.4. The SMILES string of the molecule is CC(N)CCNC(=O)c1csc(-c2c(F)cccc2F)n1. The van der Waals surface area contributed by atoms with E-state index in [0.29, 0.717) is 13.0 Å². The molecule has 0 bridgehead atoms. The molecule has 1 atom stereocenters. The lowest BCUT2D eigenvalue weighted by Gasteiger charge is -2.05. The van der Waals surface area contributed by atoms with Gasteiger partial charge in [-0.25, -0.2) is 13.8 Å². The summed E-state index contributed by atoms with van der Waals surface area (Å²) in [7, 11) is 0. The molecule has 3 N–H and O–H groups in total. The Labute approximate surface area is 125 Å². The Kier molecular flexibility index (Phi) is 4.98. The molecule has 1 unspecified atom stereocenters. The summed E-state index contributed by atoms with van der Waals surface area (Å²) in [5, 5.41) is 4.28. The van der Waals surface area contributed by atoms with Crippen LogP contribution in [0.5, 0.6) is 0 Å². The Bertz CT molecular complexity index is 623. The first-order valence-electron chi connectivity index (χ1n) is 6.42. The van der Waals surface area contributed by atoms with E-state index in [9.17, 15) is 13.6 Å². The Morgan fingerprint density at radius 1 is 1.43 bits per heavy atom. The highest BCUT2D eigenvalue weighted by Crippen LogP contribution is 2.28. The van der Waals surface area contributed by atoms with Crippen molar-refractivity contribution in [3.8, 4) is 10.6 Å². The van der Waals surface area contributed by atoms with Crippen LogP contribution >= 0.6 is 11.3 Å². The summed E-state index contributed by atoms with van der Waals surface area (Å²) in [4.78, 5) is 15.8. The van der Waals surface area contributed by atoms with E-state index in [2.05, 4.69) is 10.3 Å². The van der Waals surface area contributed by atoms with Gasteiger partial charge in [0.25, 0.3) is 5.91 Å². The lowest BCUT2D eigenvalue weighted by molar-refractivity contribution is 0.0948. The summed E-state index contributed by atoms with van der Waals surface area (Å²) in [5.41, 5.74) is 5.51. The second kappa shape index (κ2) is 6.73. The number of hydrogen-bond donors (Lipinski definition) is 2. The number of carbonyl (C=O) groups is 1. The van der Waals surface area contributed by atoms with Crippen molar-refractivity contribution in [1.29, 1.82) is 0 Å². The van der Waals surface area contributed by atoms with Crippen LogP contribution in [0.1, 0.15) is 23.8 Å². The molecule has 0 spiro atoms. The maximum Gasteiger partial charge on any atom is 0.270 e. The summed E-state index contributed by atoms with van der Waals surface area (Å²) in [5.74, 6) is -1.78. The van der Waals surface area contributed by atoms with Crippen LogP contribution in [0, 0.1) is 11.6 Å². The van der Waals surface area contributed by atoms with Crippen molar-refractivity contribution in [1.82, 2.24) is 10.3 Å². The van der Waals surface area contributed by atoms with E-state index in [4.69, 9.17) is 5.73 Å². The minimum absolute atomic E-state index is 0.0104. The molecule has 0 aliphatic rings. The van der Waals surface area contributed by atoms with Crippen LogP contribution < -0.4 is 11.1 Å². The molecular formula is C14H15F2N3OS. The average molecular weight is 311 g/mol. The Balaban J connectivity index is 2.13. The van der Waals surface area contributed by atoms with Crippen LogP contribution in [-0.4, -0.2) is 23.5 Å². The molecule has 0 fully saturated rings. The number of carbonyl (C=O) groups excluding carboxylic acids is 1. The Morgan fingerprint density at radius 2 is 2.10 bits per heavy atom. The molecule has 4 nitrogen and oxygen atoms in total. The van der Waals surface area contributed by atoms with Crippen molar-refractivity contribution < 1.29 is 13.6 Å². The average Bonchev–Trinajstić information content (AvgIpc) is 2.87. The van der Waals surface area contributed by atoms with Gasteiger partial charge in [0.1, 0.15) is 22.3 Å². The zero-order valence-corrected chi connectivity index (χ0v) is 12.2. The van der Waals surface area contributed by atoms with Gasteiger partial charge in [-0.3, -0.25) is 4.79 Å². The van der Waals surface area contributed by atoms with Crippen molar-refractivity contribution in [2.45, 2.75) is 19.4 Å². The number of halogens is 2. The first-order valence-corrected chi connectivity index (χ1v) is 7.30. The van der Waals surface area contributed by atoms with Crippen molar-refractivity contribution in [3.05, 3.63) is 40.9 Å². The van der Waals surface area contributed by atoms with Crippen LogP contribution in [0.4, 0.5) is 8.78 Å². The molecule has 0 aliphatic heterocycles. The molecule has 112 valence electrons. The third kappa shape index (κ3) is 3.83. The third-order valence-corrected chi connectivity index (χ3v) is 3.66. The minimum Gasteiger partial charge on any atom is -0.351 e. The largest absolute Gasteiger partial charge is 0.351 e. The fraction of sp³-hybridized carbons (Fsp3) is 0.286. The van der Waals surface area contributed by atoms with E-state index < -0.39 is 11.6 Å². The van der Waals surface area contributed by atoms with Crippen LogP contribution in [0.25, 0.3) is 10.6 Å². The number of rotatable bonds is 5. The lowest BCUT2D eigenvalue weighted by atomic mass is 10.2. The molecule has 0 radical (unpaired) electrons. The monoisotopic (exact) mass is 311 g/mol. The first-order chi connectivity index (χ1) is 9.99. The molecule has 1 amide bonds. The topological polar surface area (TPSA) is 68.0 Å². The fourth-order valence-electron chi connectivity index (χ4n) is 1.70. The maximum absolute atomic E-state index is 13.7. The summed E-state index contributed by atoms with van der Waals surface area (Å²) >= 11 is 1.02. The normalized spacial score (nSPS) is 12.2. The number of hydrogen-bond acceptors (Lipinski definition) is 4. The molecule has 2 aromatic rings. The fourth-order valence-corrected chi connectivity index (χ4v) is 2.55. The van der Waals surface area contributed by atoms with Crippen molar-refractivity contribution in [2.75, 3.05) is 6.54 Å². The van der Waals surface area contributed by atoms with Crippen LogP contribution in [0.15, 0.2) is 23.6 Å². The van der Waals surface area contributed by atoms with Crippen molar-refractivity contribution >= 4 is 17.2 Å². The molecule has 7 heteroatoms. The van der Waals surface area contributed by atoms with Gasteiger partial charge < -0.3 is 11.1 Å². The quantitative estimate of drug-likeness (QED) is 0.891. The highest BCUT2D eigenvalue weighted by atomic mass is 32.1. The van der Waals surface area contributed by atoms with E-state index in [1.54, 1.807) is 0 Å². The molecule has 2 rings (SSSR count). The predicted molar refractivity (Wildman–Crippen MR) is 78.1 cm³/mol. The van der Waals surface area contributed by atoms with Gasteiger partial charge in [-0.15, -0.1) is 11.3 Å². The maximum atomic E-state index is 13.7. The Hall–Kier alpha value is -1.86. The second-order valence-electron chi connectivity index (χ2n) is 4.66. The number of thiazole rings is 1.